The molecule has 0 bridgehead atoms. The summed E-state index contributed by atoms with van der Waals surface area (Å²) in [5.74, 6) is -0.879. The van der Waals surface area contributed by atoms with Crippen LogP contribution in [0.5, 0.6) is 0 Å². The fraction of sp³-hybridized carbons (Fsp3) is 0.740. The molecule has 6 nitrogen and oxygen atoms in total. The molecule has 0 aliphatic rings. The van der Waals surface area contributed by atoms with E-state index in [-0.39, 0.29) is 31.1 Å². The molecule has 79 heavy (non-hydrogen) atoms. The quantitative estimate of drug-likeness (QED) is 0.0261. The zero-order valence-electron chi connectivity index (χ0n) is 52.1. The van der Waals surface area contributed by atoms with Crippen LogP contribution in [-0.4, -0.2) is 37.2 Å². The summed E-state index contributed by atoms with van der Waals surface area (Å²) in [5.41, 5.74) is 0. The van der Waals surface area contributed by atoms with E-state index in [9.17, 15) is 14.4 Å². The summed E-state index contributed by atoms with van der Waals surface area (Å²) in [5, 5.41) is 0. The van der Waals surface area contributed by atoms with Crippen molar-refractivity contribution in [3.8, 4) is 0 Å². The van der Waals surface area contributed by atoms with Gasteiger partial charge in [-0.3, -0.25) is 14.4 Å². The number of carbonyl (C=O) groups is 3. The molecule has 0 rings (SSSR count). The van der Waals surface area contributed by atoms with Gasteiger partial charge in [-0.2, -0.15) is 0 Å². The lowest BCUT2D eigenvalue weighted by atomic mass is 10.0. The molecule has 0 aromatic carbocycles. The predicted molar refractivity (Wildman–Crippen MR) is 344 cm³/mol. The summed E-state index contributed by atoms with van der Waals surface area (Å²) in [6.45, 7) is 6.54. The number of allylic oxidation sites excluding steroid dienone is 16. The molecular weight excluding hydrogens is 973 g/mol. The van der Waals surface area contributed by atoms with E-state index < -0.39 is 6.10 Å². The summed E-state index contributed by atoms with van der Waals surface area (Å²) in [7, 11) is 0. The Hall–Kier alpha value is -3.67. The highest BCUT2D eigenvalue weighted by molar-refractivity contribution is 5.71. The Kier molecular flexibility index (Phi) is 63.7. The summed E-state index contributed by atoms with van der Waals surface area (Å²) in [6.07, 6.45) is 89.9. The van der Waals surface area contributed by atoms with Crippen molar-refractivity contribution in [2.45, 2.75) is 335 Å². The van der Waals surface area contributed by atoms with E-state index in [0.717, 1.165) is 116 Å². The molecule has 454 valence electrons. The van der Waals surface area contributed by atoms with Gasteiger partial charge in [-0.25, -0.2) is 0 Å². The van der Waals surface area contributed by atoms with Gasteiger partial charge in [0.2, 0.25) is 0 Å². The highest BCUT2D eigenvalue weighted by Gasteiger charge is 2.19. The first-order chi connectivity index (χ1) is 39.0. The summed E-state index contributed by atoms with van der Waals surface area (Å²) >= 11 is 0. The average molecular weight is 1100 g/mol. The van der Waals surface area contributed by atoms with Gasteiger partial charge in [0.25, 0.3) is 0 Å². The molecule has 0 spiro atoms. The fourth-order valence-electron chi connectivity index (χ4n) is 9.54. The van der Waals surface area contributed by atoms with Crippen molar-refractivity contribution < 1.29 is 28.6 Å². The van der Waals surface area contributed by atoms with E-state index in [1.54, 1.807) is 0 Å². The first kappa shape index (κ1) is 75.3. The van der Waals surface area contributed by atoms with Crippen LogP contribution in [0.2, 0.25) is 0 Å². The first-order valence-corrected chi connectivity index (χ1v) is 33.7. The molecule has 0 aromatic heterocycles. The van der Waals surface area contributed by atoms with Crippen molar-refractivity contribution in [1.29, 1.82) is 0 Å². The molecule has 1 unspecified atom stereocenters. The van der Waals surface area contributed by atoms with Crippen LogP contribution in [0.3, 0.4) is 0 Å². The maximum Gasteiger partial charge on any atom is 0.306 e. The Morgan fingerprint density at radius 3 is 0.797 bits per heavy atom. The number of rotatable bonds is 61. The lowest BCUT2D eigenvalue weighted by Crippen LogP contribution is -2.30. The molecule has 0 aliphatic heterocycles. The Bertz CT molecular complexity index is 1540. The molecule has 0 aromatic rings. The van der Waals surface area contributed by atoms with Gasteiger partial charge in [0.15, 0.2) is 6.10 Å². The highest BCUT2D eigenvalue weighted by Crippen LogP contribution is 2.17. The maximum atomic E-state index is 12.9. The topological polar surface area (TPSA) is 78.9 Å². The zero-order chi connectivity index (χ0) is 57.1. The van der Waals surface area contributed by atoms with Crippen molar-refractivity contribution in [3.05, 3.63) is 97.2 Å². The summed E-state index contributed by atoms with van der Waals surface area (Å²) in [4.78, 5) is 38.3. The van der Waals surface area contributed by atoms with Gasteiger partial charge < -0.3 is 14.2 Å². The number of esters is 3. The van der Waals surface area contributed by atoms with Crippen LogP contribution in [0.25, 0.3) is 0 Å². The van der Waals surface area contributed by atoms with Crippen LogP contribution in [-0.2, 0) is 28.6 Å². The number of hydrogen-bond donors (Lipinski definition) is 0. The summed E-state index contributed by atoms with van der Waals surface area (Å²) < 4.78 is 16.9. The Balaban J connectivity index is 4.27. The van der Waals surface area contributed by atoms with E-state index in [1.165, 1.54) is 173 Å². The highest BCUT2D eigenvalue weighted by atomic mass is 16.6. The second-order valence-electron chi connectivity index (χ2n) is 22.4. The molecule has 0 radical (unpaired) electrons. The zero-order valence-corrected chi connectivity index (χ0v) is 52.1. The van der Waals surface area contributed by atoms with Crippen LogP contribution in [0, 0.1) is 0 Å². The third-order valence-corrected chi connectivity index (χ3v) is 14.6. The van der Waals surface area contributed by atoms with Gasteiger partial charge in [0.1, 0.15) is 13.2 Å². The van der Waals surface area contributed by atoms with Crippen LogP contribution in [0.4, 0.5) is 0 Å². The maximum absolute atomic E-state index is 12.9. The van der Waals surface area contributed by atoms with Crippen LogP contribution in [0.15, 0.2) is 97.2 Å². The largest absolute Gasteiger partial charge is 0.462 e. The molecule has 0 N–H and O–H groups in total. The molecule has 1 atom stereocenters. The van der Waals surface area contributed by atoms with Gasteiger partial charge in [0, 0.05) is 19.3 Å². The van der Waals surface area contributed by atoms with Crippen LogP contribution in [0.1, 0.15) is 329 Å². The van der Waals surface area contributed by atoms with Gasteiger partial charge in [-0.15, -0.1) is 0 Å². The lowest BCUT2D eigenvalue weighted by Gasteiger charge is -2.18. The normalized spacial score (nSPS) is 12.7. The van der Waals surface area contributed by atoms with Crippen molar-refractivity contribution in [2.24, 2.45) is 0 Å². The molecule has 0 saturated heterocycles. The van der Waals surface area contributed by atoms with Crippen molar-refractivity contribution in [3.63, 3.8) is 0 Å². The first-order valence-electron chi connectivity index (χ1n) is 33.7. The number of ether oxygens (including phenoxy) is 3. The monoisotopic (exact) mass is 1100 g/mol. The van der Waals surface area contributed by atoms with E-state index >= 15 is 0 Å². The van der Waals surface area contributed by atoms with Crippen LogP contribution < -0.4 is 0 Å². The molecule has 6 heteroatoms. The van der Waals surface area contributed by atoms with Crippen molar-refractivity contribution >= 4 is 17.9 Å². The minimum absolute atomic E-state index is 0.0799. The van der Waals surface area contributed by atoms with Gasteiger partial charge in [-0.1, -0.05) is 304 Å². The van der Waals surface area contributed by atoms with Crippen LogP contribution >= 0.6 is 0 Å². The third kappa shape index (κ3) is 65.0. The van der Waals surface area contributed by atoms with E-state index in [4.69, 9.17) is 14.2 Å². The van der Waals surface area contributed by atoms with E-state index in [1.807, 2.05) is 0 Å². The Morgan fingerprint density at radius 2 is 0.494 bits per heavy atom. The fourth-order valence-corrected chi connectivity index (χ4v) is 9.54. The predicted octanol–water partition coefficient (Wildman–Crippen LogP) is 23.2. The van der Waals surface area contributed by atoms with Gasteiger partial charge in [0.05, 0.1) is 0 Å². The minimum Gasteiger partial charge on any atom is -0.462 e. The standard InChI is InChI=1S/C73H126O6/c1-4-7-10-13-16-19-22-25-27-29-30-31-32-33-34-35-36-37-38-39-40-41-42-44-45-48-51-54-57-60-63-66-72(75)78-69-70(68-77-71(74)65-62-59-56-53-50-47-24-21-18-15-12-9-6-3)79-73(76)67-64-61-58-55-52-49-46-43-28-26-23-20-17-14-11-8-5-2/h7,10,16,19,21,24-25,27,30-31,33-34,36-37,39-40,70H,4-6,8-9,11-15,17-18,20,22-23,26,28-29,32,35,38,41-69H2,1-3H3/b10-7-,19-16-,24-21-,27-25-,31-30-,34-33-,37-36-,40-39-. The average Bonchev–Trinajstić information content (AvgIpc) is 3.45. The third-order valence-electron chi connectivity index (χ3n) is 14.6. The smallest absolute Gasteiger partial charge is 0.306 e. The van der Waals surface area contributed by atoms with Crippen molar-refractivity contribution in [2.75, 3.05) is 13.2 Å². The number of carbonyl (C=O) groups excluding carboxylic acids is 3. The number of unbranched alkanes of at least 4 members (excludes halogenated alkanes) is 34. The number of hydrogen-bond acceptors (Lipinski definition) is 6. The Labute approximate surface area is 489 Å². The second-order valence-corrected chi connectivity index (χ2v) is 22.4. The molecule has 0 heterocycles. The Morgan fingerprint density at radius 1 is 0.266 bits per heavy atom. The molecule has 0 fully saturated rings. The second kappa shape index (κ2) is 66.8. The van der Waals surface area contributed by atoms with Crippen molar-refractivity contribution in [1.82, 2.24) is 0 Å². The minimum atomic E-state index is -0.782. The van der Waals surface area contributed by atoms with Gasteiger partial charge in [-0.05, 0) is 103 Å². The molecule has 0 aliphatic carbocycles. The van der Waals surface area contributed by atoms with Gasteiger partial charge >= 0.3 is 17.9 Å². The van der Waals surface area contributed by atoms with E-state index in [2.05, 4.69) is 118 Å². The summed E-state index contributed by atoms with van der Waals surface area (Å²) in [6, 6.07) is 0. The lowest BCUT2D eigenvalue weighted by molar-refractivity contribution is -0.167. The molecule has 0 saturated carbocycles. The molecular formula is C73H126O6. The molecule has 0 amide bonds. The SMILES string of the molecule is CC/C=C\C/C=C\C/C=C\C/C=C\C/C=C\C/C=C\C/C=C\CCCCCCCCCCCC(=O)OCC(COC(=O)CCCCCCC/C=C\CCCCCC)OC(=O)CCCCCCCCCCCCCCCCCCC. The van der Waals surface area contributed by atoms with E-state index in [0.29, 0.717) is 19.3 Å².